The van der Waals surface area contributed by atoms with E-state index in [1.165, 1.54) is 12.1 Å². The number of hydrogen-bond donors (Lipinski definition) is 2. The molecule has 0 bridgehead atoms. The van der Waals surface area contributed by atoms with E-state index in [1.54, 1.807) is 6.07 Å². The molecule has 0 saturated carbocycles. The van der Waals surface area contributed by atoms with Gasteiger partial charge in [-0.1, -0.05) is 17.7 Å². The fourth-order valence-corrected chi connectivity index (χ4v) is 1.47. The third-order valence-corrected chi connectivity index (χ3v) is 2.42. The summed E-state index contributed by atoms with van der Waals surface area (Å²) >= 11 is 5.77. The van der Waals surface area contributed by atoms with Crippen LogP contribution in [0.4, 0.5) is 4.39 Å². The molecule has 1 aromatic rings. The van der Waals surface area contributed by atoms with Crippen LogP contribution in [0.1, 0.15) is 19.3 Å². The Kier molecular flexibility index (Phi) is 5.72. The zero-order valence-electron chi connectivity index (χ0n) is 9.21. The molecule has 0 aliphatic carbocycles. The van der Waals surface area contributed by atoms with Crippen LogP contribution in [0.15, 0.2) is 18.2 Å². The lowest BCUT2D eigenvalue weighted by molar-refractivity contribution is -0.121. The summed E-state index contributed by atoms with van der Waals surface area (Å²) in [4.78, 5) is 10.8. The smallest absolute Gasteiger partial charge is 0.233 e. The van der Waals surface area contributed by atoms with Gasteiger partial charge in [-0.05, 0) is 25.0 Å². The van der Waals surface area contributed by atoms with Gasteiger partial charge in [-0.3, -0.25) is 10.2 Å². The first-order chi connectivity index (χ1) is 8.15. The molecule has 0 heterocycles. The summed E-state index contributed by atoms with van der Waals surface area (Å²) < 4.78 is 18.5. The van der Waals surface area contributed by atoms with Gasteiger partial charge in [0.05, 0.1) is 11.6 Å². The van der Waals surface area contributed by atoms with Gasteiger partial charge in [-0.25, -0.2) is 10.2 Å². The Bertz CT molecular complexity index is 367. The molecule has 0 aromatic heterocycles. The van der Waals surface area contributed by atoms with E-state index < -0.39 is 5.82 Å². The highest BCUT2D eigenvalue weighted by atomic mass is 35.5. The number of carbonyl (C=O) groups excluding carboxylic acids is 1. The van der Waals surface area contributed by atoms with E-state index in [4.69, 9.17) is 22.2 Å². The monoisotopic (exact) mass is 260 g/mol. The molecule has 6 heteroatoms. The SMILES string of the molecule is NNC(=O)CCCCOc1c(F)cccc1Cl. The Morgan fingerprint density at radius 1 is 1.47 bits per heavy atom. The predicted molar refractivity (Wildman–Crippen MR) is 63.1 cm³/mol. The lowest BCUT2D eigenvalue weighted by Gasteiger charge is -2.08. The summed E-state index contributed by atoms with van der Waals surface area (Å²) in [6, 6.07) is 4.35. The number of halogens is 2. The summed E-state index contributed by atoms with van der Waals surface area (Å²) in [6.07, 6.45) is 1.57. The van der Waals surface area contributed by atoms with Crippen molar-refractivity contribution in [3.05, 3.63) is 29.0 Å². The van der Waals surface area contributed by atoms with Gasteiger partial charge in [-0.2, -0.15) is 0 Å². The summed E-state index contributed by atoms with van der Waals surface area (Å²) in [6.45, 7) is 0.304. The molecule has 3 N–H and O–H groups in total. The standard InChI is InChI=1S/C11H14ClFN2O2/c12-8-4-3-5-9(13)11(8)17-7-2-1-6-10(16)15-14/h3-5H,1-2,6-7,14H2,(H,15,16). The summed E-state index contributed by atoms with van der Waals surface area (Å²) in [5, 5.41) is 0.240. The maximum Gasteiger partial charge on any atom is 0.233 e. The molecule has 0 unspecified atom stereocenters. The Balaban J connectivity index is 2.29. The maximum atomic E-state index is 13.3. The van der Waals surface area contributed by atoms with Crippen molar-refractivity contribution in [1.82, 2.24) is 5.43 Å². The second-order valence-electron chi connectivity index (χ2n) is 3.42. The number of hydrazine groups is 1. The minimum absolute atomic E-state index is 0.0532. The van der Waals surface area contributed by atoms with Crippen molar-refractivity contribution < 1.29 is 13.9 Å². The molecule has 0 radical (unpaired) electrons. The van der Waals surface area contributed by atoms with E-state index in [0.717, 1.165) is 0 Å². The van der Waals surface area contributed by atoms with Gasteiger partial charge in [0.25, 0.3) is 0 Å². The molecule has 0 fully saturated rings. The molecule has 17 heavy (non-hydrogen) atoms. The van der Waals surface area contributed by atoms with Crippen LogP contribution in [0.2, 0.25) is 5.02 Å². The van der Waals surface area contributed by atoms with Crippen LogP contribution in [0.3, 0.4) is 0 Å². The maximum absolute atomic E-state index is 13.3. The van der Waals surface area contributed by atoms with Crippen molar-refractivity contribution in [3.63, 3.8) is 0 Å². The third kappa shape index (κ3) is 4.58. The zero-order valence-corrected chi connectivity index (χ0v) is 9.97. The Morgan fingerprint density at radius 3 is 2.88 bits per heavy atom. The molecule has 1 amide bonds. The van der Waals surface area contributed by atoms with Crippen LogP contribution in [0.25, 0.3) is 0 Å². The van der Waals surface area contributed by atoms with Gasteiger partial charge in [0.1, 0.15) is 0 Å². The number of nitrogens with one attached hydrogen (secondary N) is 1. The van der Waals surface area contributed by atoms with Crippen LogP contribution in [-0.4, -0.2) is 12.5 Å². The van der Waals surface area contributed by atoms with Gasteiger partial charge in [0, 0.05) is 6.42 Å². The van der Waals surface area contributed by atoms with E-state index in [-0.39, 0.29) is 16.7 Å². The second-order valence-corrected chi connectivity index (χ2v) is 3.83. The summed E-state index contributed by atoms with van der Waals surface area (Å²) in [5.41, 5.74) is 2.03. The molecule has 0 aliphatic rings. The van der Waals surface area contributed by atoms with Crippen molar-refractivity contribution in [3.8, 4) is 5.75 Å². The number of ether oxygens (including phenoxy) is 1. The molecule has 1 rings (SSSR count). The van der Waals surface area contributed by atoms with Crippen LogP contribution in [-0.2, 0) is 4.79 Å². The van der Waals surface area contributed by atoms with Crippen molar-refractivity contribution in [1.29, 1.82) is 0 Å². The second kappa shape index (κ2) is 7.09. The number of rotatable bonds is 6. The van der Waals surface area contributed by atoms with E-state index in [0.29, 0.717) is 25.9 Å². The van der Waals surface area contributed by atoms with Crippen LogP contribution in [0, 0.1) is 5.82 Å². The number of hydrogen-bond acceptors (Lipinski definition) is 3. The molecule has 1 aromatic carbocycles. The number of carbonyl (C=O) groups is 1. The van der Waals surface area contributed by atoms with E-state index in [2.05, 4.69) is 0 Å². The first-order valence-electron chi connectivity index (χ1n) is 5.21. The molecule has 0 saturated heterocycles. The lowest BCUT2D eigenvalue weighted by atomic mass is 10.2. The van der Waals surface area contributed by atoms with Gasteiger partial charge in [0.2, 0.25) is 5.91 Å². The average molecular weight is 261 g/mol. The summed E-state index contributed by atoms with van der Waals surface area (Å²) in [7, 11) is 0. The molecule has 0 atom stereocenters. The normalized spacial score (nSPS) is 10.1. The lowest BCUT2D eigenvalue weighted by Crippen LogP contribution is -2.29. The first kappa shape index (κ1) is 13.7. The topological polar surface area (TPSA) is 64.3 Å². The zero-order chi connectivity index (χ0) is 12.7. The van der Waals surface area contributed by atoms with Gasteiger partial charge < -0.3 is 4.74 Å². The molecular formula is C11H14ClFN2O2. The van der Waals surface area contributed by atoms with Crippen molar-refractivity contribution in [2.45, 2.75) is 19.3 Å². The highest BCUT2D eigenvalue weighted by Crippen LogP contribution is 2.27. The van der Waals surface area contributed by atoms with E-state index in [1.807, 2.05) is 5.43 Å². The fraction of sp³-hybridized carbons (Fsp3) is 0.364. The minimum atomic E-state index is -0.489. The number of unbranched alkanes of at least 4 members (excludes halogenated alkanes) is 1. The van der Waals surface area contributed by atoms with E-state index >= 15 is 0 Å². The largest absolute Gasteiger partial charge is 0.489 e. The number of nitrogens with two attached hydrogens (primary N) is 1. The first-order valence-corrected chi connectivity index (χ1v) is 5.59. The molecule has 0 aliphatic heterocycles. The number of benzene rings is 1. The van der Waals surface area contributed by atoms with Crippen LogP contribution < -0.4 is 16.0 Å². The van der Waals surface area contributed by atoms with Crippen LogP contribution in [0.5, 0.6) is 5.75 Å². The number of para-hydroxylation sites is 1. The van der Waals surface area contributed by atoms with E-state index in [9.17, 15) is 9.18 Å². The minimum Gasteiger partial charge on any atom is -0.489 e. The van der Waals surface area contributed by atoms with Crippen molar-refractivity contribution in [2.75, 3.05) is 6.61 Å². The molecule has 94 valence electrons. The third-order valence-electron chi connectivity index (χ3n) is 2.12. The Hall–Kier alpha value is -1.33. The fourth-order valence-electron chi connectivity index (χ4n) is 1.25. The molecule has 4 nitrogen and oxygen atoms in total. The number of amides is 1. The highest BCUT2D eigenvalue weighted by Gasteiger charge is 2.07. The molecule has 0 spiro atoms. The van der Waals surface area contributed by atoms with Gasteiger partial charge in [0.15, 0.2) is 11.6 Å². The Labute approximate surface area is 104 Å². The summed E-state index contributed by atoms with van der Waals surface area (Å²) in [5.74, 6) is 4.26. The average Bonchev–Trinajstić information content (AvgIpc) is 2.31. The van der Waals surface area contributed by atoms with Crippen molar-refractivity contribution in [2.24, 2.45) is 5.84 Å². The Morgan fingerprint density at radius 2 is 2.24 bits per heavy atom. The molecular weight excluding hydrogens is 247 g/mol. The van der Waals surface area contributed by atoms with Crippen molar-refractivity contribution >= 4 is 17.5 Å². The van der Waals surface area contributed by atoms with Gasteiger partial charge >= 0.3 is 0 Å². The highest BCUT2D eigenvalue weighted by molar-refractivity contribution is 6.32. The quantitative estimate of drug-likeness (QED) is 0.356. The predicted octanol–water partition coefficient (Wildman–Crippen LogP) is 2.02. The van der Waals surface area contributed by atoms with Crippen LogP contribution >= 0.6 is 11.6 Å². The van der Waals surface area contributed by atoms with Gasteiger partial charge in [-0.15, -0.1) is 0 Å².